The maximum atomic E-state index is 2.00. The van der Waals surface area contributed by atoms with Crippen LogP contribution in [0, 0.1) is 0 Å². The lowest BCUT2D eigenvalue weighted by Gasteiger charge is -1.61. The van der Waals surface area contributed by atoms with E-state index in [2.05, 4.69) is 0 Å². The van der Waals surface area contributed by atoms with Crippen LogP contribution in [0.1, 0.15) is 1.43 Å². The molecule has 0 aromatic rings. The van der Waals surface area contributed by atoms with E-state index in [0.29, 0.717) is 0 Å². The molecule has 0 atom stereocenters. The lowest BCUT2D eigenvalue weighted by Crippen LogP contribution is -2.69. The Balaban J connectivity index is 0.000000250. The van der Waals surface area contributed by atoms with Crippen molar-refractivity contribution in [1.29, 1.82) is 0 Å². The van der Waals surface area contributed by atoms with Crippen molar-refractivity contribution >= 4 is 0 Å². The zero-order valence-corrected chi connectivity index (χ0v) is 2.89. The molecule has 2 N–H and O–H groups in total. The Morgan fingerprint density at radius 2 is 1.80 bits per heavy atom. The molecule has 1 aliphatic heterocycles. The third kappa shape index (κ3) is 0.362. The molecule has 0 aliphatic carbocycles. The molecule has 1 heterocycles. The van der Waals surface area contributed by atoms with E-state index < -0.39 is 0 Å². The van der Waals surface area contributed by atoms with Crippen LogP contribution in [0.2, 0.25) is 0 Å². The van der Waals surface area contributed by atoms with Gasteiger partial charge < -0.3 is 1.43 Å². The number of hydrogen-bond donors (Lipinski definition) is 1. The summed E-state index contributed by atoms with van der Waals surface area (Å²) < 4.78 is 0. The second-order valence-electron chi connectivity index (χ2n) is 0.962. The van der Waals surface area contributed by atoms with Crippen LogP contribution in [0.3, 0.4) is 0 Å². The van der Waals surface area contributed by atoms with Gasteiger partial charge in [-0.3, -0.25) is 5.32 Å². The molecular formula is C4H7N. The molecule has 28 valence electrons. The van der Waals surface area contributed by atoms with Gasteiger partial charge in [0, 0.05) is 0 Å². The van der Waals surface area contributed by atoms with E-state index in [1.54, 1.807) is 0 Å². The lowest BCUT2D eigenvalue weighted by molar-refractivity contribution is -0.510. The third-order valence-corrected chi connectivity index (χ3v) is 0.556. The number of hydrogen-bond acceptors (Lipinski definition) is 0. The summed E-state index contributed by atoms with van der Waals surface area (Å²) in [6.45, 7) is 0. The summed E-state index contributed by atoms with van der Waals surface area (Å²) in [4.78, 5) is 0. The minimum atomic E-state index is 0. The predicted octanol–water partition coefficient (Wildman–Crippen LogP) is -0.297. The van der Waals surface area contributed by atoms with Crippen molar-refractivity contribution in [3.63, 3.8) is 0 Å². The van der Waals surface area contributed by atoms with Gasteiger partial charge in [0.25, 0.3) is 0 Å². The molecule has 0 spiro atoms. The van der Waals surface area contributed by atoms with Crippen molar-refractivity contribution in [2.24, 2.45) is 0 Å². The van der Waals surface area contributed by atoms with Crippen LogP contribution < -0.4 is 5.32 Å². The number of nitrogens with two attached hydrogens (primary N) is 1. The fourth-order valence-corrected chi connectivity index (χ4v) is 0.321. The van der Waals surface area contributed by atoms with E-state index in [1.807, 2.05) is 29.9 Å². The van der Waals surface area contributed by atoms with Gasteiger partial charge in [-0.25, -0.2) is 0 Å². The fourth-order valence-electron chi connectivity index (χ4n) is 0.321. The van der Waals surface area contributed by atoms with Gasteiger partial charge in [-0.05, 0) is 12.2 Å². The van der Waals surface area contributed by atoms with Crippen molar-refractivity contribution in [2.75, 3.05) is 0 Å². The summed E-state index contributed by atoms with van der Waals surface area (Å²) in [5.74, 6) is 0. The van der Waals surface area contributed by atoms with Crippen LogP contribution in [-0.4, -0.2) is 0 Å². The van der Waals surface area contributed by atoms with Crippen LogP contribution >= 0.6 is 0 Å². The molecular weight excluding hydrogens is 62.1 g/mol. The molecule has 0 bridgehead atoms. The SMILES string of the molecule is C1=C[NH2+]C=C1.[H-]. The Labute approximate surface area is 32.5 Å². The molecule has 0 saturated carbocycles. The minimum Gasteiger partial charge on any atom is -1.00 e. The number of rotatable bonds is 0. The van der Waals surface area contributed by atoms with Gasteiger partial charge in [0.05, 0.1) is 12.4 Å². The largest absolute Gasteiger partial charge is 1.00 e. The Morgan fingerprint density at radius 3 is 2.00 bits per heavy atom. The molecule has 5 heavy (non-hydrogen) atoms. The maximum Gasteiger partial charge on any atom is 0.0973 e. The van der Waals surface area contributed by atoms with E-state index in [0.717, 1.165) is 0 Å². The summed E-state index contributed by atoms with van der Waals surface area (Å²) >= 11 is 0. The summed E-state index contributed by atoms with van der Waals surface area (Å²) in [6, 6.07) is 0. The Kier molecular flexibility index (Phi) is 0.554. The molecule has 0 aromatic carbocycles. The summed E-state index contributed by atoms with van der Waals surface area (Å²) in [7, 11) is 0. The molecule has 0 fully saturated rings. The first-order valence-electron chi connectivity index (χ1n) is 1.67. The fraction of sp³-hybridized carbons (Fsp3) is 0. The molecule has 0 saturated heterocycles. The summed E-state index contributed by atoms with van der Waals surface area (Å²) in [5.41, 5.74) is 0. The molecule has 0 aromatic heterocycles. The van der Waals surface area contributed by atoms with Gasteiger partial charge in [-0.2, -0.15) is 0 Å². The zero-order valence-electron chi connectivity index (χ0n) is 3.89. The Bertz CT molecular complexity index is 65.6. The smallest absolute Gasteiger partial charge is 0.0973 e. The topological polar surface area (TPSA) is 16.6 Å². The Hall–Kier alpha value is -0.560. The van der Waals surface area contributed by atoms with Crippen molar-refractivity contribution in [3.8, 4) is 0 Å². The summed E-state index contributed by atoms with van der Waals surface area (Å²) in [5, 5.41) is 2.00. The monoisotopic (exact) mass is 69.1 g/mol. The van der Waals surface area contributed by atoms with Crippen LogP contribution in [-0.2, 0) is 0 Å². The molecule has 1 rings (SSSR count). The highest BCUT2D eigenvalue weighted by molar-refractivity contribution is 4.98. The zero-order chi connectivity index (χ0) is 3.54. The molecule has 1 heteroatoms. The van der Waals surface area contributed by atoms with Gasteiger partial charge in [0.1, 0.15) is 0 Å². The van der Waals surface area contributed by atoms with Crippen LogP contribution in [0.15, 0.2) is 24.6 Å². The van der Waals surface area contributed by atoms with E-state index in [4.69, 9.17) is 0 Å². The minimum absolute atomic E-state index is 0. The van der Waals surface area contributed by atoms with E-state index >= 15 is 0 Å². The number of quaternary nitrogens is 1. The van der Waals surface area contributed by atoms with Gasteiger partial charge in [-0.1, -0.05) is 0 Å². The summed E-state index contributed by atoms with van der Waals surface area (Å²) in [6.07, 6.45) is 8.00. The van der Waals surface area contributed by atoms with E-state index in [-0.39, 0.29) is 1.43 Å². The highest BCUT2D eigenvalue weighted by atomic mass is 14.8. The van der Waals surface area contributed by atoms with Crippen LogP contribution in [0.25, 0.3) is 0 Å². The first-order chi connectivity index (χ1) is 2.50. The predicted molar refractivity (Wildman–Crippen MR) is 21.3 cm³/mol. The van der Waals surface area contributed by atoms with E-state index in [1.165, 1.54) is 0 Å². The highest BCUT2D eigenvalue weighted by Crippen LogP contribution is 1.67. The van der Waals surface area contributed by atoms with Crippen LogP contribution in [0.4, 0.5) is 0 Å². The molecule has 1 nitrogen and oxygen atoms in total. The van der Waals surface area contributed by atoms with Crippen LogP contribution in [0.5, 0.6) is 0 Å². The quantitative estimate of drug-likeness (QED) is 0.402. The average Bonchev–Trinajstić information content (AvgIpc) is 1.76. The van der Waals surface area contributed by atoms with Crippen molar-refractivity contribution < 1.29 is 6.74 Å². The van der Waals surface area contributed by atoms with E-state index in [9.17, 15) is 0 Å². The van der Waals surface area contributed by atoms with Gasteiger partial charge in [-0.15, -0.1) is 0 Å². The average molecular weight is 69.1 g/mol. The lowest BCUT2D eigenvalue weighted by atomic mass is 10.6. The first kappa shape index (κ1) is 2.67. The maximum absolute atomic E-state index is 2.00. The van der Waals surface area contributed by atoms with Gasteiger partial charge >= 0.3 is 0 Å². The second-order valence-corrected chi connectivity index (χ2v) is 0.962. The van der Waals surface area contributed by atoms with Crippen molar-refractivity contribution in [3.05, 3.63) is 24.6 Å². The molecule has 1 aliphatic rings. The van der Waals surface area contributed by atoms with Crippen molar-refractivity contribution in [1.82, 2.24) is 0 Å². The standard InChI is InChI=1S/C4H5N.H/c1-2-4-5-3-1;/h1-5H;/q;-1/p+1. The van der Waals surface area contributed by atoms with Gasteiger partial charge in [0.15, 0.2) is 0 Å². The Morgan fingerprint density at radius 1 is 1.20 bits per heavy atom. The highest BCUT2D eigenvalue weighted by Gasteiger charge is 1.75. The molecule has 0 amide bonds. The van der Waals surface area contributed by atoms with Gasteiger partial charge in [0.2, 0.25) is 0 Å². The normalized spacial score (nSPS) is 17.6. The molecule has 0 radical (unpaired) electrons. The van der Waals surface area contributed by atoms with Crippen molar-refractivity contribution in [2.45, 2.75) is 0 Å². The molecule has 0 unspecified atom stereocenters. The second kappa shape index (κ2) is 1.04. The first-order valence-corrected chi connectivity index (χ1v) is 1.67. The third-order valence-electron chi connectivity index (χ3n) is 0.556. The number of allylic oxidation sites excluding steroid dienone is 2.